The van der Waals surface area contributed by atoms with Gasteiger partial charge in [0.2, 0.25) is 0 Å². The lowest BCUT2D eigenvalue weighted by atomic mass is 10.1. The van der Waals surface area contributed by atoms with Crippen LogP contribution in [0.2, 0.25) is 5.02 Å². The highest BCUT2D eigenvalue weighted by atomic mass is 127. The molecule has 1 fully saturated rings. The van der Waals surface area contributed by atoms with Gasteiger partial charge in [0.25, 0.3) is 0 Å². The second-order valence-electron chi connectivity index (χ2n) is 6.38. The second kappa shape index (κ2) is 6.60. The number of nitrogens with two attached hydrogens (primary N) is 1. The number of anilines is 2. The van der Waals surface area contributed by atoms with Crippen molar-refractivity contribution in [2.24, 2.45) is 4.99 Å². The van der Waals surface area contributed by atoms with Crippen LogP contribution in [0.4, 0.5) is 11.6 Å². The zero-order valence-corrected chi connectivity index (χ0v) is 16.6. The number of hydrogen-bond acceptors (Lipinski definition) is 6. The molecule has 1 unspecified atom stereocenters. The van der Waals surface area contributed by atoms with Gasteiger partial charge in [-0.3, -0.25) is 4.99 Å². The summed E-state index contributed by atoms with van der Waals surface area (Å²) in [5, 5.41) is 6.12. The molecule has 2 heterocycles. The maximum atomic E-state index is 6.36. The lowest BCUT2D eigenvalue weighted by Crippen LogP contribution is -2.50. The van der Waals surface area contributed by atoms with E-state index in [2.05, 4.69) is 55.9 Å². The molecule has 1 aromatic heterocycles. The summed E-state index contributed by atoms with van der Waals surface area (Å²) < 4.78 is 0.827. The van der Waals surface area contributed by atoms with E-state index < -0.39 is 0 Å². The molecule has 0 spiro atoms. The van der Waals surface area contributed by atoms with Crippen molar-refractivity contribution in [3.05, 3.63) is 43.7 Å². The quantitative estimate of drug-likeness (QED) is 0.671. The maximum Gasteiger partial charge on any atom is 0.145 e. The standard InChI is InChI=1S/C17H18ClIN6/c1-9(23-16-14(19)15(20)21-8-22-16)17-24-13-4-2-3-12(18)11(13)7-25(17)10-5-6-10/h2-4,7-10,17H,5-6H2,1H3,(H3,20,21,22,23)/t9?,17-/m1/s1. The van der Waals surface area contributed by atoms with Crippen molar-refractivity contribution < 1.29 is 0 Å². The molecule has 130 valence electrons. The Hall–Kier alpha value is -1.61. The van der Waals surface area contributed by atoms with Gasteiger partial charge in [0, 0.05) is 17.5 Å². The SMILES string of the molecule is CC(Nc1ncnc(N)c1I)[C@@H]1N=c2cccc(Cl)c2=CN1C1CC1. The summed E-state index contributed by atoms with van der Waals surface area (Å²) in [5.74, 6) is 1.22. The van der Waals surface area contributed by atoms with Gasteiger partial charge >= 0.3 is 0 Å². The Morgan fingerprint density at radius 3 is 2.92 bits per heavy atom. The van der Waals surface area contributed by atoms with E-state index in [-0.39, 0.29) is 12.2 Å². The number of nitrogen functional groups attached to an aromatic ring is 1. The zero-order chi connectivity index (χ0) is 17.6. The van der Waals surface area contributed by atoms with Crippen LogP contribution in [-0.2, 0) is 0 Å². The van der Waals surface area contributed by atoms with Crippen molar-refractivity contribution >= 4 is 52.0 Å². The molecule has 0 bridgehead atoms. The third-order valence-electron chi connectivity index (χ3n) is 4.48. The third-order valence-corrected chi connectivity index (χ3v) is 5.87. The Bertz CT molecular complexity index is 929. The predicted molar refractivity (Wildman–Crippen MR) is 108 cm³/mol. The fraction of sp³-hybridized carbons (Fsp3) is 0.353. The summed E-state index contributed by atoms with van der Waals surface area (Å²) >= 11 is 8.53. The normalized spacial score (nSPS) is 20.3. The van der Waals surface area contributed by atoms with Crippen molar-refractivity contribution in [3.8, 4) is 0 Å². The molecule has 2 aliphatic rings. The molecular weight excluding hydrogens is 451 g/mol. The number of nitrogens with zero attached hydrogens (tertiary/aromatic N) is 4. The van der Waals surface area contributed by atoms with E-state index in [9.17, 15) is 0 Å². The second-order valence-corrected chi connectivity index (χ2v) is 7.86. The van der Waals surface area contributed by atoms with Crippen molar-refractivity contribution in [2.45, 2.75) is 38.0 Å². The summed E-state index contributed by atoms with van der Waals surface area (Å²) in [7, 11) is 0. The Kier molecular flexibility index (Phi) is 4.45. The number of rotatable bonds is 4. The summed E-state index contributed by atoms with van der Waals surface area (Å²) in [6.07, 6.45) is 5.99. The summed E-state index contributed by atoms with van der Waals surface area (Å²) in [4.78, 5) is 15.6. The van der Waals surface area contributed by atoms with Crippen molar-refractivity contribution in [1.82, 2.24) is 14.9 Å². The highest BCUT2D eigenvalue weighted by Crippen LogP contribution is 2.32. The van der Waals surface area contributed by atoms with Gasteiger partial charge in [-0.1, -0.05) is 17.7 Å². The molecule has 2 aromatic rings. The number of halogens is 2. The molecule has 4 rings (SSSR count). The number of benzene rings is 1. The van der Waals surface area contributed by atoms with Gasteiger partial charge in [-0.15, -0.1) is 0 Å². The Morgan fingerprint density at radius 2 is 2.16 bits per heavy atom. The minimum Gasteiger partial charge on any atom is -0.383 e. The number of hydrogen-bond donors (Lipinski definition) is 2. The van der Waals surface area contributed by atoms with Crippen LogP contribution in [0, 0.1) is 3.57 Å². The van der Waals surface area contributed by atoms with Crippen LogP contribution in [0.25, 0.3) is 6.20 Å². The molecule has 1 aliphatic carbocycles. The zero-order valence-electron chi connectivity index (χ0n) is 13.7. The van der Waals surface area contributed by atoms with E-state index in [0.29, 0.717) is 11.9 Å². The monoisotopic (exact) mass is 468 g/mol. The van der Waals surface area contributed by atoms with E-state index in [1.54, 1.807) is 0 Å². The highest BCUT2D eigenvalue weighted by Gasteiger charge is 2.36. The Morgan fingerprint density at radius 1 is 1.36 bits per heavy atom. The van der Waals surface area contributed by atoms with Gasteiger partial charge in [-0.05, 0) is 54.5 Å². The van der Waals surface area contributed by atoms with Crippen LogP contribution in [-0.4, -0.2) is 33.1 Å². The lowest BCUT2D eigenvalue weighted by molar-refractivity contribution is 0.269. The molecule has 1 aromatic carbocycles. The Balaban J connectivity index is 1.69. The van der Waals surface area contributed by atoms with Gasteiger partial charge < -0.3 is 16.0 Å². The van der Waals surface area contributed by atoms with E-state index in [0.717, 1.165) is 25.0 Å². The third kappa shape index (κ3) is 3.27. The first-order valence-corrected chi connectivity index (χ1v) is 9.64. The molecule has 0 radical (unpaired) electrons. The van der Waals surface area contributed by atoms with Gasteiger partial charge in [0.05, 0.1) is 20.0 Å². The van der Waals surface area contributed by atoms with Crippen LogP contribution in [0.5, 0.6) is 0 Å². The van der Waals surface area contributed by atoms with Crippen LogP contribution in [0.1, 0.15) is 19.8 Å². The van der Waals surface area contributed by atoms with Gasteiger partial charge in [0.15, 0.2) is 0 Å². The molecule has 0 amide bonds. The molecule has 6 nitrogen and oxygen atoms in total. The number of fused-ring (bicyclic) bond motifs is 1. The summed E-state index contributed by atoms with van der Waals surface area (Å²) in [6, 6.07) is 6.43. The van der Waals surface area contributed by atoms with Crippen molar-refractivity contribution in [2.75, 3.05) is 11.1 Å². The molecule has 2 atom stereocenters. The molecule has 1 saturated carbocycles. The average molecular weight is 469 g/mol. The first-order chi connectivity index (χ1) is 12.0. The van der Waals surface area contributed by atoms with Crippen LogP contribution < -0.4 is 21.6 Å². The summed E-state index contributed by atoms with van der Waals surface area (Å²) in [5.41, 5.74) is 5.89. The highest BCUT2D eigenvalue weighted by molar-refractivity contribution is 14.1. The van der Waals surface area contributed by atoms with Crippen molar-refractivity contribution in [1.29, 1.82) is 0 Å². The molecule has 25 heavy (non-hydrogen) atoms. The van der Waals surface area contributed by atoms with Gasteiger partial charge in [-0.25, -0.2) is 9.97 Å². The van der Waals surface area contributed by atoms with E-state index in [4.69, 9.17) is 22.3 Å². The first-order valence-electron chi connectivity index (χ1n) is 8.19. The van der Waals surface area contributed by atoms with E-state index in [1.165, 1.54) is 19.2 Å². The lowest BCUT2D eigenvalue weighted by Gasteiger charge is -2.35. The molecular formula is C17H18ClIN6. The minimum atomic E-state index is -0.0227. The van der Waals surface area contributed by atoms with E-state index in [1.807, 2.05) is 18.2 Å². The number of nitrogens with one attached hydrogen (secondary N) is 1. The fourth-order valence-electron chi connectivity index (χ4n) is 3.04. The molecule has 3 N–H and O–H groups in total. The topological polar surface area (TPSA) is 79.4 Å². The smallest absolute Gasteiger partial charge is 0.145 e. The van der Waals surface area contributed by atoms with Gasteiger partial charge in [-0.2, -0.15) is 0 Å². The van der Waals surface area contributed by atoms with Crippen LogP contribution >= 0.6 is 34.2 Å². The van der Waals surface area contributed by atoms with E-state index >= 15 is 0 Å². The van der Waals surface area contributed by atoms with Crippen molar-refractivity contribution in [3.63, 3.8) is 0 Å². The Labute approximate surface area is 164 Å². The summed E-state index contributed by atoms with van der Waals surface area (Å²) in [6.45, 7) is 2.11. The maximum absolute atomic E-state index is 6.36. The van der Waals surface area contributed by atoms with Crippen LogP contribution in [0.15, 0.2) is 29.5 Å². The largest absolute Gasteiger partial charge is 0.383 e. The molecule has 8 heteroatoms. The van der Waals surface area contributed by atoms with Gasteiger partial charge in [0.1, 0.15) is 24.1 Å². The fourth-order valence-corrected chi connectivity index (χ4v) is 3.69. The predicted octanol–water partition coefficient (Wildman–Crippen LogP) is 1.98. The first kappa shape index (κ1) is 16.8. The average Bonchev–Trinajstić information content (AvgIpc) is 3.43. The molecule has 1 aliphatic heterocycles. The minimum absolute atomic E-state index is 0.0227. The van der Waals surface area contributed by atoms with Crippen LogP contribution in [0.3, 0.4) is 0 Å². The molecule has 0 saturated heterocycles. The number of aromatic nitrogens is 2.